The van der Waals surface area contributed by atoms with E-state index < -0.39 is 10.9 Å². The highest BCUT2D eigenvalue weighted by Gasteiger charge is 2.16. The summed E-state index contributed by atoms with van der Waals surface area (Å²) in [6.45, 7) is 0.306. The number of fused-ring (bicyclic) bond motifs is 1. The van der Waals surface area contributed by atoms with Crippen molar-refractivity contribution in [3.05, 3.63) is 70.0 Å². The SMILES string of the molecule is Nc1nc(-c2cc(C(=O)O)ccn2)c2cnn(Cc3ccc([N+](=O)[O-])cc3)c2n1. The van der Waals surface area contributed by atoms with Crippen LogP contribution in [-0.2, 0) is 6.54 Å². The molecule has 0 aliphatic heterocycles. The first-order chi connectivity index (χ1) is 13.9. The number of nitrogens with zero attached hydrogens (tertiary/aromatic N) is 6. The van der Waals surface area contributed by atoms with Gasteiger partial charge in [0.2, 0.25) is 5.95 Å². The zero-order chi connectivity index (χ0) is 20.5. The number of aromatic carboxylic acids is 1. The predicted molar refractivity (Wildman–Crippen MR) is 102 cm³/mol. The summed E-state index contributed by atoms with van der Waals surface area (Å²) in [6, 6.07) is 8.88. The second-order valence-electron chi connectivity index (χ2n) is 6.13. The van der Waals surface area contributed by atoms with Crippen LogP contribution in [0.3, 0.4) is 0 Å². The van der Waals surface area contributed by atoms with E-state index in [9.17, 15) is 20.0 Å². The van der Waals surface area contributed by atoms with Gasteiger partial charge in [-0.15, -0.1) is 0 Å². The summed E-state index contributed by atoms with van der Waals surface area (Å²) in [5, 5.41) is 24.9. The van der Waals surface area contributed by atoms with Gasteiger partial charge in [0.05, 0.1) is 34.3 Å². The molecule has 4 aromatic rings. The van der Waals surface area contributed by atoms with Crippen LogP contribution in [0.25, 0.3) is 22.4 Å². The lowest BCUT2D eigenvalue weighted by Gasteiger charge is -2.06. The van der Waals surface area contributed by atoms with Gasteiger partial charge in [0, 0.05) is 18.3 Å². The van der Waals surface area contributed by atoms with Crippen LogP contribution >= 0.6 is 0 Å². The van der Waals surface area contributed by atoms with E-state index in [1.807, 2.05) is 0 Å². The Balaban J connectivity index is 1.76. The lowest BCUT2D eigenvalue weighted by Crippen LogP contribution is -2.05. The number of nitrogen functional groups attached to an aromatic ring is 1. The molecule has 11 nitrogen and oxygen atoms in total. The molecular weight excluding hydrogens is 378 g/mol. The molecule has 0 radical (unpaired) electrons. The summed E-state index contributed by atoms with van der Waals surface area (Å²) < 4.78 is 1.58. The molecule has 0 atom stereocenters. The Hall–Kier alpha value is -4.41. The van der Waals surface area contributed by atoms with Crippen LogP contribution < -0.4 is 5.73 Å². The smallest absolute Gasteiger partial charge is 0.335 e. The lowest BCUT2D eigenvalue weighted by atomic mass is 10.1. The molecule has 0 spiro atoms. The van der Waals surface area contributed by atoms with Crippen LogP contribution in [0.4, 0.5) is 11.6 Å². The zero-order valence-electron chi connectivity index (χ0n) is 14.8. The van der Waals surface area contributed by atoms with Gasteiger partial charge >= 0.3 is 5.97 Å². The predicted octanol–water partition coefficient (Wildman–Crippen LogP) is 2.13. The second-order valence-corrected chi connectivity index (χ2v) is 6.13. The topological polar surface area (TPSA) is 163 Å². The van der Waals surface area contributed by atoms with E-state index in [1.54, 1.807) is 23.0 Å². The molecule has 0 saturated carbocycles. The summed E-state index contributed by atoms with van der Waals surface area (Å²) in [4.78, 5) is 34.2. The first kappa shape index (κ1) is 18.0. The van der Waals surface area contributed by atoms with Gasteiger partial charge in [-0.2, -0.15) is 10.1 Å². The summed E-state index contributed by atoms with van der Waals surface area (Å²) in [5.74, 6) is -1.10. The number of nitrogens with two attached hydrogens (primary N) is 1. The molecule has 0 aliphatic rings. The van der Waals surface area contributed by atoms with Crippen molar-refractivity contribution in [3.63, 3.8) is 0 Å². The van der Waals surface area contributed by atoms with Gasteiger partial charge in [0.1, 0.15) is 5.69 Å². The number of non-ortho nitro benzene ring substituents is 1. The van der Waals surface area contributed by atoms with E-state index in [0.29, 0.717) is 29.0 Å². The lowest BCUT2D eigenvalue weighted by molar-refractivity contribution is -0.384. The number of nitro groups is 1. The number of carboxylic acid groups (broad SMARTS) is 1. The van der Waals surface area contributed by atoms with Crippen molar-refractivity contribution in [2.45, 2.75) is 6.54 Å². The van der Waals surface area contributed by atoms with Gasteiger partial charge in [0.25, 0.3) is 5.69 Å². The van der Waals surface area contributed by atoms with Crippen molar-refractivity contribution >= 4 is 28.6 Å². The maximum absolute atomic E-state index is 11.2. The number of benzene rings is 1. The van der Waals surface area contributed by atoms with E-state index >= 15 is 0 Å². The number of carbonyl (C=O) groups is 1. The number of anilines is 1. The average Bonchev–Trinajstić information content (AvgIpc) is 3.10. The van der Waals surface area contributed by atoms with Crippen molar-refractivity contribution in [1.29, 1.82) is 0 Å². The number of pyridine rings is 1. The fourth-order valence-electron chi connectivity index (χ4n) is 2.87. The highest BCUT2D eigenvalue weighted by Crippen LogP contribution is 2.26. The van der Waals surface area contributed by atoms with Crippen molar-refractivity contribution in [2.24, 2.45) is 0 Å². The number of hydrogen-bond donors (Lipinski definition) is 2. The molecule has 29 heavy (non-hydrogen) atoms. The number of aromatic nitrogens is 5. The third kappa shape index (κ3) is 3.43. The van der Waals surface area contributed by atoms with E-state index in [1.165, 1.54) is 30.5 Å². The summed E-state index contributed by atoms with van der Waals surface area (Å²) >= 11 is 0. The minimum Gasteiger partial charge on any atom is -0.478 e. The quantitative estimate of drug-likeness (QED) is 0.383. The summed E-state index contributed by atoms with van der Waals surface area (Å²) in [7, 11) is 0. The molecular formula is C18H13N7O4. The Morgan fingerprint density at radius 3 is 2.66 bits per heavy atom. The molecule has 0 amide bonds. The van der Waals surface area contributed by atoms with Gasteiger partial charge in [0.15, 0.2) is 5.65 Å². The van der Waals surface area contributed by atoms with Gasteiger partial charge in [-0.05, 0) is 17.7 Å². The number of rotatable bonds is 5. The van der Waals surface area contributed by atoms with Crippen LogP contribution in [0.2, 0.25) is 0 Å². The standard InChI is InChI=1S/C18H13N7O4/c19-18-22-15(14-7-11(17(26)27)5-6-20-14)13-8-21-24(16(13)23-18)9-10-1-3-12(4-2-10)25(28)29/h1-8H,9H2,(H,26,27)(H2,19,22,23). The van der Waals surface area contributed by atoms with E-state index in [2.05, 4.69) is 20.1 Å². The molecule has 1 aromatic carbocycles. The van der Waals surface area contributed by atoms with Gasteiger partial charge in [-0.3, -0.25) is 15.1 Å². The van der Waals surface area contributed by atoms with Crippen molar-refractivity contribution in [1.82, 2.24) is 24.7 Å². The highest BCUT2D eigenvalue weighted by atomic mass is 16.6. The Kier molecular flexibility index (Phi) is 4.31. The first-order valence-electron chi connectivity index (χ1n) is 8.34. The molecule has 4 rings (SSSR count). The van der Waals surface area contributed by atoms with Gasteiger partial charge in [-0.1, -0.05) is 12.1 Å². The second kappa shape index (κ2) is 6.96. The fourth-order valence-corrected chi connectivity index (χ4v) is 2.87. The highest BCUT2D eigenvalue weighted by molar-refractivity contribution is 5.93. The molecule has 0 saturated heterocycles. The monoisotopic (exact) mass is 391 g/mol. The van der Waals surface area contributed by atoms with E-state index in [4.69, 9.17) is 5.73 Å². The third-order valence-electron chi connectivity index (χ3n) is 4.24. The van der Waals surface area contributed by atoms with Crippen LogP contribution in [0.5, 0.6) is 0 Å². The number of hydrogen-bond acceptors (Lipinski definition) is 8. The third-order valence-corrected chi connectivity index (χ3v) is 4.24. The maximum Gasteiger partial charge on any atom is 0.335 e. The van der Waals surface area contributed by atoms with Crippen LogP contribution in [0, 0.1) is 10.1 Å². The summed E-state index contributed by atoms with van der Waals surface area (Å²) in [6.07, 6.45) is 2.93. The molecule has 144 valence electrons. The molecule has 3 heterocycles. The summed E-state index contributed by atoms with van der Waals surface area (Å²) in [5.41, 5.74) is 7.84. The molecule has 0 unspecified atom stereocenters. The van der Waals surface area contributed by atoms with Crippen LogP contribution in [0.1, 0.15) is 15.9 Å². The van der Waals surface area contributed by atoms with Crippen LogP contribution in [-0.4, -0.2) is 40.7 Å². The molecule has 3 aromatic heterocycles. The largest absolute Gasteiger partial charge is 0.478 e. The Morgan fingerprint density at radius 1 is 1.21 bits per heavy atom. The Labute approximate surface area is 162 Å². The maximum atomic E-state index is 11.2. The number of carboxylic acids is 1. The van der Waals surface area contributed by atoms with E-state index in [0.717, 1.165) is 5.56 Å². The van der Waals surface area contributed by atoms with Gasteiger partial charge < -0.3 is 10.8 Å². The minimum absolute atomic E-state index is 0.00249. The molecule has 11 heteroatoms. The Morgan fingerprint density at radius 2 is 1.97 bits per heavy atom. The first-order valence-corrected chi connectivity index (χ1v) is 8.34. The zero-order valence-corrected chi connectivity index (χ0v) is 14.8. The molecule has 0 fully saturated rings. The van der Waals surface area contributed by atoms with E-state index in [-0.39, 0.29) is 17.2 Å². The molecule has 0 aliphatic carbocycles. The number of nitro benzene ring substituents is 1. The average molecular weight is 391 g/mol. The van der Waals surface area contributed by atoms with Gasteiger partial charge in [-0.25, -0.2) is 14.5 Å². The molecule has 0 bridgehead atoms. The van der Waals surface area contributed by atoms with Crippen molar-refractivity contribution in [2.75, 3.05) is 5.73 Å². The molecule has 3 N–H and O–H groups in total. The fraction of sp³-hybridized carbons (Fsp3) is 0.0556. The van der Waals surface area contributed by atoms with Crippen molar-refractivity contribution < 1.29 is 14.8 Å². The minimum atomic E-state index is -1.08. The van der Waals surface area contributed by atoms with Crippen molar-refractivity contribution in [3.8, 4) is 11.4 Å². The Bertz CT molecular complexity index is 1250. The van der Waals surface area contributed by atoms with Crippen LogP contribution in [0.15, 0.2) is 48.8 Å². The normalized spacial score (nSPS) is 10.9.